The van der Waals surface area contributed by atoms with E-state index in [-0.39, 0.29) is 12.1 Å². The molecule has 5 rings (SSSR count). The largest absolute Gasteiger partial charge is 0.494 e. The molecule has 1 aromatic heterocycles. The number of rotatable bonds is 7. The molecular weight excluding hydrogens is 436 g/mol. The van der Waals surface area contributed by atoms with Crippen LogP contribution in [0.1, 0.15) is 24.8 Å². The molecule has 2 aliphatic rings. The first-order valence-corrected chi connectivity index (χ1v) is 12.4. The zero-order chi connectivity index (χ0) is 22.8. The highest BCUT2D eigenvalue weighted by atomic mass is 32.1. The smallest absolute Gasteiger partial charge is 0.407 e. The van der Waals surface area contributed by atoms with Crippen LogP contribution in [0, 0.1) is 11.8 Å². The van der Waals surface area contributed by atoms with E-state index in [0.29, 0.717) is 31.4 Å². The Kier molecular flexibility index (Phi) is 6.22. The molecule has 1 saturated heterocycles. The predicted octanol–water partition coefficient (Wildman–Crippen LogP) is 5.59. The third-order valence-electron chi connectivity index (χ3n) is 6.78. The van der Waals surface area contributed by atoms with Gasteiger partial charge >= 0.3 is 6.09 Å². The van der Waals surface area contributed by atoms with Crippen molar-refractivity contribution in [2.75, 3.05) is 13.2 Å². The topological polar surface area (TPSA) is 71.9 Å². The van der Waals surface area contributed by atoms with Crippen LogP contribution in [0.15, 0.2) is 60.1 Å². The number of aromatic nitrogens is 1. The summed E-state index contributed by atoms with van der Waals surface area (Å²) in [5.74, 6) is 2.38. The first-order valence-electron chi connectivity index (χ1n) is 11.5. The number of carboxylic acid groups (broad SMARTS) is 1. The van der Waals surface area contributed by atoms with E-state index in [1.165, 1.54) is 0 Å². The Hall–Kier alpha value is -3.06. The molecular formula is C26H28N2O4S. The second-order valence-electron chi connectivity index (χ2n) is 8.75. The van der Waals surface area contributed by atoms with Gasteiger partial charge in [-0.1, -0.05) is 24.3 Å². The molecule has 1 saturated carbocycles. The van der Waals surface area contributed by atoms with Crippen molar-refractivity contribution in [3.05, 3.63) is 65.1 Å². The van der Waals surface area contributed by atoms with Crippen LogP contribution in [-0.4, -0.2) is 46.4 Å². The SMILES string of the molecule is CCOc1ccc(-c2cccc(O[C@H]3C[C@H]4CN(C(=O)O)C(Cc5nccs5)[C@H]4C3)c2)cc1. The molecule has 2 heterocycles. The zero-order valence-electron chi connectivity index (χ0n) is 18.6. The maximum absolute atomic E-state index is 11.8. The number of benzene rings is 2. The van der Waals surface area contributed by atoms with Crippen LogP contribution >= 0.6 is 11.3 Å². The Morgan fingerprint density at radius 2 is 2.00 bits per heavy atom. The summed E-state index contributed by atoms with van der Waals surface area (Å²) >= 11 is 1.59. The zero-order valence-corrected chi connectivity index (χ0v) is 19.4. The van der Waals surface area contributed by atoms with Crippen molar-refractivity contribution in [1.82, 2.24) is 9.88 Å². The highest BCUT2D eigenvalue weighted by Gasteiger charge is 2.50. The van der Waals surface area contributed by atoms with E-state index in [9.17, 15) is 9.90 Å². The second kappa shape index (κ2) is 9.43. The highest BCUT2D eigenvalue weighted by Crippen LogP contribution is 2.45. The number of nitrogens with zero attached hydrogens (tertiary/aromatic N) is 2. The van der Waals surface area contributed by atoms with Crippen molar-refractivity contribution in [2.45, 2.75) is 38.3 Å². The van der Waals surface area contributed by atoms with E-state index in [1.54, 1.807) is 22.4 Å². The lowest BCUT2D eigenvalue weighted by Crippen LogP contribution is -2.39. The molecule has 4 atom stereocenters. The van der Waals surface area contributed by atoms with Gasteiger partial charge in [-0.2, -0.15) is 0 Å². The number of ether oxygens (including phenoxy) is 2. The van der Waals surface area contributed by atoms with E-state index >= 15 is 0 Å². The van der Waals surface area contributed by atoms with Crippen LogP contribution in [0.3, 0.4) is 0 Å². The molecule has 3 aromatic rings. The molecule has 33 heavy (non-hydrogen) atoms. The van der Waals surface area contributed by atoms with E-state index < -0.39 is 6.09 Å². The summed E-state index contributed by atoms with van der Waals surface area (Å²) in [5.41, 5.74) is 2.22. The molecule has 172 valence electrons. The van der Waals surface area contributed by atoms with Crippen molar-refractivity contribution in [3.8, 4) is 22.6 Å². The molecule has 1 aliphatic carbocycles. The lowest BCUT2D eigenvalue weighted by Gasteiger charge is -2.26. The lowest BCUT2D eigenvalue weighted by atomic mass is 9.92. The minimum absolute atomic E-state index is 0.0255. The van der Waals surface area contributed by atoms with Gasteiger partial charge < -0.3 is 19.5 Å². The van der Waals surface area contributed by atoms with Crippen LogP contribution in [0.5, 0.6) is 11.5 Å². The number of thiazole rings is 1. The summed E-state index contributed by atoms with van der Waals surface area (Å²) in [5, 5.41) is 12.7. The highest BCUT2D eigenvalue weighted by molar-refractivity contribution is 7.09. The average molecular weight is 465 g/mol. The van der Waals surface area contributed by atoms with Gasteiger partial charge in [-0.3, -0.25) is 0 Å². The van der Waals surface area contributed by atoms with Gasteiger partial charge in [0.1, 0.15) is 11.5 Å². The van der Waals surface area contributed by atoms with E-state index in [1.807, 2.05) is 36.6 Å². The quantitative estimate of drug-likeness (QED) is 0.494. The number of hydrogen-bond acceptors (Lipinski definition) is 5. The Bertz CT molecular complexity index is 1090. The van der Waals surface area contributed by atoms with E-state index in [4.69, 9.17) is 9.47 Å². The monoisotopic (exact) mass is 464 g/mol. The average Bonchev–Trinajstić information content (AvgIpc) is 3.53. The summed E-state index contributed by atoms with van der Waals surface area (Å²) < 4.78 is 12.0. The van der Waals surface area contributed by atoms with E-state index in [0.717, 1.165) is 40.5 Å². The van der Waals surface area contributed by atoms with Gasteiger partial charge in [-0.25, -0.2) is 9.78 Å². The van der Waals surface area contributed by atoms with Gasteiger partial charge in [0.25, 0.3) is 0 Å². The van der Waals surface area contributed by atoms with Gasteiger partial charge in [0.15, 0.2) is 0 Å². The third-order valence-corrected chi connectivity index (χ3v) is 7.58. The van der Waals surface area contributed by atoms with Gasteiger partial charge in [-0.05, 0) is 67.0 Å². The molecule has 0 spiro atoms. The fraction of sp³-hybridized carbons (Fsp3) is 0.385. The van der Waals surface area contributed by atoms with Gasteiger partial charge in [0.2, 0.25) is 0 Å². The summed E-state index contributed by atoms with van der Waals surface area (Å²) in [6, 6.07) is 16.3. The molecule has 2 aromatic carbocycles. The number of likely N-dealkylation sites (tertiary alicyclic amines) is 1. The Morgan fingerprint density at radius 3 is 2.73 bits per heavy atom. The first-order chi connectivity index (χ1) is 16.1. The van der Waals surface area contributed by atoms with Crippen LogP contribution in [0.4, 0.5) is 4.79 Å². The maximum Gasteiger partial charge on any atom is 0.407 e. The third kappa shape index (κ3) is 4.69. The fourth-order valence-electron chi connectivity index (χ4n) is 5.37. The first kappa shape index (κ1) is 21.8. The van der Waals surface area contributed by atoms with Crippen LogP contribution in [-0.2, 0) is 6.42 Å². The minimum atomic E-state index is -0.827. The molecule has 2 fully saturated rings. The number of fused-ring (bicyclic) bond motifs is 1. The number of carbonyl (C=O) groups is 1. The summed E-state index contributed by atoms with van der Waals surface area (Å²) in [6.45, 7) is 3.22. The van der Waals surface area contributed by atoms with Crippen molar-refractivity contribution in [2.24, 2.45) is 11.8 Å². The Balaban J connectivity index is 1.27. The maximum atomic E-state index is 11.8. The van der Waals surface area contributed by atoms with Crippen molar-refractivity contribution < 1.29 is 19.4 Å². The summed E-state index contributed by atoms with van der Waals surface area (Å²) in [6.07, 6.45) is 3.51. The minimum Gasteiger partial charge on any atom is -0.494 e. The standard InChI is InChI=1S/C26H28N2O4S/c1-2-31-20-8-6-17(7-9-20)18-4-3-5-21(12-18)32-22-13-19-16-28(26(29)30)24(23(19)14-22)15-25-27-10-11-33-25/h3-12,19,22-24H,2,13-16H2,1H3,(H,29,30)/t19-,22-,23-,24?/m0/s1. The second-order valence-corrected chi connectivity index (χ2v) is 9.73. The van der Waals surface area contributed by atoms with Crippen molar-refractivity contribution in [1.29, 1.82) is 0 Å². The Morgan fingerprint density at radius 1 is 1.15 bits per heavy atom. The predicted molar refractivity (Wildman–Crippen MR) is 128 cm³/mol. The van der Waals surface area contributed by atoms with Crippen LogP contribution in [0.2, 0.25) is 0 Å². The molecule has 0 bridgehead atoms. The molecule has 1 amide bonds. The number of hydrogen-bond donors (Lipinski definition) is 1. The lowest BCUT2D eigenvalue weighted by molar-refractivity contribution is 0.123. The molecule has 7 heteroatoms. The molecule has 6 nitrogen and oxygen atoms in total. The van der Waals surface area contributed by atoms with E-state index in [2.05, 4.69) is 29.2 Å². The van der Waals surface area contributed by atoms with Crippen molar-refractivity contribution in [3.63, 3.8) is 0 Å². The van der Waals surface area contributed by atoms with Gasteiger partial charge in [-0.15, -0.1) is 11.3 Å². The fourth-order valence-corrected chi connectivity index (χ4v) is 6.03. The molecule has 1 unspecified atom stereocenters. The molecule has 1 N–H and O–H groups in total. The van der Waals surface area contributed by atoms with Gasteiger partial charge in [0.05, 0.1) is 17.7 Å². The normalized spacial score (nSPS) is 24.0. The van der Waals surface area contributed by atoms with Crippen molar-refractivity contribution >= 4 is 17.4 Å². The molecule has 1 aliphatic heterocycles. The van der Waals surface area contributed by atoms with Crippen LogP contribution < -0.4 is 9.47 Å². The number of amides is 1. The Labute approximate surface area is 197 Å². The van der Waals surface area contributed by atoms with Crippen LogP contribution in [0.25, 0.3) is 11.1 Å². The molecule has 0 radical (unpaired) electrons. The summed E-state index contributed by atoms with van der Waals surface area (Å²) in [7, 11) is 0. The summed E-state index contributed by atoms with van der Waals surface area (Å²) in [4.78, 5) is 17.9. The van der Waals surface area contributed by atoms with Gasteiger partial charge in [0, 0.05) is 30.6 Å².